The Balaban J connectivity index is 1.28. The minimum Gasteiger partial charge on any atom is -0.487 e. The molecule has 0 unspecified atom stereocenters. The number of aromatic nitrogens is 3. The molecule has 0 aliphatic heterocycles. The Hall–Kier alpha value is -3.52. The molecule has 0 spiro atoms. The van der Waals surface area contributed by atoms with Crippen molar-refractivity contribution in [2.24, 2.45) is 0 Å². The number of aryl methyl sites for hydroxylation is 2. The second-order valence-corrected chi connectivity index (χ2v) is 8.85. The number of hydrogen-bond acceptors (Lipinski definition) is 5. The van der Waals surface area contributed by atoms with Crippen LogP contribution < -0.4 is 4.74 Å². The van der Waals surface area contributed by atoms with Crippen LogP contribution in [-0.4, -0.2) is 39.6 Å². The van der Waals surface area contributed by atoms with Crippen LogP contribution in [0.25, 0.3) is 11.3 Å². The molecule has 0 saturated heterocycles. The third-order valence-electron chi connectivity index (χ3n) is 5.19. The fraction of sp³-hybridized carbons (Fsp3) is 0.240. The zero-order valence-electron chi connectivity index (χ0n) is 18.5. The lowest BCUT2D eigenvalue weighted by Gasteiger charge is -2.17. The summed E-state index contributed by atoms with van der Waals surface area (Å²) in [6.07, 6.45) is 1.54. The van der Waals surface area contributed by atoms with Gasteiger partial charge in [-0.25, -0.2) is 9.37 Å². The number of carbonyl (C=O) groups is 1. The molecule has 170 valence electrons. The van der Waals surface area contributed by atoms with Crippen molar-refractivity contribution in [1.29, 1.82) is 0 Å². The number of ether oxygens (including phenoxy) is 1. The summed E-state index contributed by atoms with van der Waals surface area (Å²) in [6.45, 7) is 2.94. The van der Waals surface area contributed by atoms with Crippen molar-refractivity contribution in [1.82, 2.24) is 20.1 Å². The van der Waals surface area contributed by atoms with Crippen molar-refractivity contribution >= 4 is 17.2 Å². The van der Waals surface area contributed by atoms with Crippen LogP contribution in [0.2, 0.25) is 0 Å². The summed E-state index contributed by atoms with van der Waals surface area (Å²) < 4.78 is 18.9. The molecule has 8 heteroatoms. The van der Waals surface area contributed by atoms with E-state index in [1.807, 2.05) is 30.5 Å². The quantitative estimate of drug-likeness (QED) is 0.367. The van der Waals surface area contributed by atoms with Gasteiger partial charge in [-0.3, -0.25) is 9.89 Å². The maximum Gasteiger partial charge on any atom is 0.253 e. The zero-order valence-corrected chi connectivity index (χ0v) is 19.4. The molecule has 0 bridgehead atoms. The third-order valence-corrected chi connectivity index (χ3v) is 6.01. The smallest absolute Gasteiger partial charge is 0.253 e. The van der Waals surface area contributed by atoms with Crippen LogP contribution in [0.3, 0.4) is 0 Å². The number of thiazole rings is 1. The molecule has 0 aliphatic carbocycles. The van der Waals surface area contributed by atoms with Crippen LogP contribution >= 0.6 is 11.3 Å². The van der Waals surface area contributed by atoms with E-state index in [2.05, 4.69) is 15.2 Å². The van der Waals surface area contributed by atoms with Crippen molar-refractivity contribution in [3.8, 4) is 17.0 Å². The summed E-state index contributed by atoms with van der Waals surface area (Å²) in [5.74, 6) is 0.320. The average Bonchev–Trinajstić information content (AvgIpc) is 3.47. The lowest BCUT2D eigenvalue weighted by atomic mass is 10.1. The highest BCUT2D eigenvalue weighted by Crippen LogP contribution is 2.20. The number of benzene rings is 2. The van der Waals surface area contributed by atoms with E-state index in [0.717, 1.165) is 40.5 Å². The first-order valence-electron chi connectivity index (χ1n) is 10.7. The van der Waals surface area contributed by atoms with Crippen LogP contribution in [-0.2, 0) is 13.0 Å². The highest BCUT2D eigenvalue weighted by atomic mass is 32.1. The lowest BCUT2D eigenvalue weighted by Crippen LogP contribution is -2.28. The van der Waals surface area contributed by atoms with Crippen molar-refractivity contribution in [2.45, 2.75) is 26.4 Å². The number of H-pyrrole nitrogens is 1. The summed E-state index contributed by atoms with van der Waals surface area (Å²) in [6, 6.07) is 15.4. The highest BCUT2D eigenvalue weighted by molar-refractivity contribution is 7.09. The normalized spacial score (nSPS) is 10.9. The van der Waals surface area contributed by atoms with E-state index < -0.39 is 0 Å². The number of hydrogen-bond donors (Lipinski definition) is 1. The second-order valence-electron chi connectivity index (χ2n) is 7.79. The van der Waals surface area contributed by atoms with Crippen molar-refractivity contribution in [3.63, 3.8) is 0 Å². The SMILES string of the molecule is Cc1nc(COc2cccc(C(=O)N(C)CCCc3cc(-c4ccc(F)cc4)n[nH]3)c2)cs1. The molecule has 33 heavy (non-hydrogen) atoms. The van der Waals surface area contributed by atoms with Gasteiger partial charge in [0.2, 0.25) is 0 Å². The lowest BCUT2D eigenvalue weighted by molar-refractivity contribution is 0.0793. The van der Waals surface area contributed by atoms with E-state index in [-0.39, 0.29) is 11.7 Å². The van der Waals surface area contributed by atoms with E-state index in [0.29, 0.717) is 24.5 Å². The van der Waals surface area contributed by atoms with E-state index in [9.17, 15) is 9.18 Å². The standard InChI is InChI=1S/C25H25FN4O2S/c1-17-27-22(16-33-17)15-32-23-7-3-5-19(13-23)25(31)30(2)12-4-6-21-14-24(29-28-21)18-8-10-20(26)11-9-18/h3,5,7-11,13-14,16H,4,6,12,15H2,1-2H3,(H,28,29). The van der Waals surface area contributed by atoms with Crippen molar-refractivity contribution < 1.29 is 13.9 Å². The molecule has 1 amide bonds. The Morgan fingerprint density at radius 1 is 1.18 bits per heavy atom. The molecule has 0 radical (unpaired) electrons. The van der Waals surface area contributed by atoms with Crippen LogP contribution in [0.1, 0.15) is 33.2 Å². The van der Waals surface area contributed by atoms with Gasteiger partial charge >= 0.3 is 0 Å². The molecule has 4 rings (SSSR count). The summed E-state index contributed by atoms with van der Waals surface area (Å²) >= 11 is 1.59. The number of nitrogens with one attached hydrogen (secondary N) is 1. The minimum absolute atomic E-state index is 0.0541. The number of nitrogens with zero attached hydrogens (tertiary/aromatic N) is 3. The molecule has 6 nitrogen and oxygen atoms in total. The predicted octanol–water partition coefficient (Wildman–Crippen LogP) is 5.26. The minimum atomic E-state index is -0.270. The molecule has 4 aromatic rings. The number of carbonyl (C=O) groups excluding carboxylic acids is 1. The number of aromatic amines is 1. The Morgan fingerprint density at radius 2 is 2.00 bits per heavy atom. The largest absolute Gasteiger partial charge is 0.487 e. The maximum absolute atomic E-state index is 13.1. The average molecular weight is 465 g/mol. The molecule has 0 fully saturated rings. The van der Waals surface area contributed by atoms with Crippen molar-refractivity contribution in [2.75, 3.05) is 13.6 Å². The van der Waals surface area contributed by atoms with Gasteiger partial charge in [0.05, 0.1) is 16.4 Å². The van der Waals surface area contributed by atoms with Crippen molar-refractivity contribution in [3.05, 3.63) is 87.8 Å². The van der Waals surface area contributed by atoms with Gasteiger partial charge < -0.3 is 9.64 Å². The van der Waals surface area contributed by atoms with Gasteiger partial charge in [0.1, 0.15) is 18.2 Å². The fourth-order valence-electron chi connectivity index (χ4n) is 3.44. The predicted molar refractivity (Wildman–Crippen MR) is 127 cm³/mol. The topological polar surface area (TPSA) is 71.1 Å². The van der Waals surface area contributed by atoms with Gasteiger partial charge in [-0.2, -0.15) is 5.10 Å². The zero-order chi connectivity index (χ0) is 23.2. The van der Waals surface area contributed by atoms with Gasteiger partial charge in [0.15, 0.2) is 0 Å². The number of amides is 1. The Kier molecular flexibility index (Phi) is 7.14. The maximum atomic E-state index is 13.1. The van der Waals surface area contributed by atoms with E-state index in [1.165, 1.54) is 12.1 Å². The van der Waals surface area contributed by atoms with Gasteiger partial charge in [0, 0.05) is 35.8 Å². The van der Waals surface area contributed by atoms with Crippen LogP contribution in [0.5, 0.6) is 5.75 Å². The Morgan fingerprint density at radius 3 is 2.76 bits per heavy atom. The first-order valence-corrected chi connectivity index (χ1v) is 11.6. The monoisotopic (exact) mass is 464 g/mol. The first-order chi connectivity index (χ1) is 16.0. The molecular weight excluding hydrogens is 439 g/mol. The van der Waals surface area contributed by atoms with Crippen LogP contribution in [0.15, 0.2) is 60.0 Å². The number of halogens is 1. The van der Waals surface area contributed by atoms with E-state index >= 15 is 0 Å². The summed E-state index contributed by atoms with van der Waals surface area (Å²) in [5, 5.41) is 10.3. The molecule has 2 aromatic carbocycles. The molecule has 0 atom stereocenters. The Labute approximate surface area is 196 Å². The number of rotatable bonds is 9. The summed E-state index contributed by atoms with van der Waals surface area (Å²) in [4.78, 5) is 18.9. The van der Waals surface area contributed by atoms with Gasteiger partial charge in [-0.15, -0.1) is 11.3 Å². The fourth-order valence-corrected chi connectivity index (χ4v) is 4.03. The van der Waals surface area contributed by atoms with Gasteiger partial charge in [0.25, 0.3) is 5.91 Å². The van der Waals surface area contributed by atoms with Crippen LogP contribution in [0.4, 0.5) is 4.39 Å². The Bertz CT molecular complexity index is 1220. The van der Waals surface area contributed by atoms with Gasteiger partial charge in [-0.05, 0) is 68.3 Å². The molecule has 0 saturated carbocycles. The molecular formula is C25H25FN4O2S. The van der Waals surface area contributed by atoms with E-state index in [4.69, 9.17) is 4.74 Å². The van der Waals surface area contributed by atoms with Gasteiger partial charge in [-0.1, -0.05) is 6.07 Å². The molecule has 1 N–H and O–H groups in total. The molecule has 0 aliphatic rings. The first kappa shape index (κ1) is 22.7. The summed E-state index contributed by atoms with van der Waals surface area (Å²) in [7, 11) is 1.80. The highest BCUT2D eigenvalue weighted by Gasteiger charge is 2.13. The van der Waals surface area contributed by atoms with Crippen LogP contribution in [0, 0.1) is 12.7 Å². The second kappa shape index (κ2) is 10.4. The molecule has 2 aromatic heterocycles. The van der Waals surface area contributed by atoms with E-state index in [1.54, 1.807) is 47.5 Å². The molecule has 2 heterocycles. The summed E-state index contributed by atoms with van der Waals surface area (Å²) in [5.41, 5.74) is 4.08. The third kappa shape index (κ3) is 6.04.